The van der Waals surface area contributed by atoms with E-state index in [2.05, 4.69) is 21.8 Å². The Morgan fingerprint density at radius 3 is 3.15 bits per heavy atom. The normalized spacial score (nSPS) is 21.6. The van der Waals surface area contributed by atoms with Crippen molar-refractivity contribution in [2.24, 2.45) is 5.73 Å². The number of pyridine rings is 1. The Hall–Kier alpha value is -1.99. The van der Waals surface area contributed by atoms with Gasteiger partial charge in [0.2, 0.25) is 0 Å². The second-order valence-electron chi connectivity index (χ2n) is 7.07. The number of hydrogen-bond donors (Lipinski definition) is 2. The van der Waals surface area contributed by atoms with Gasteiger partial charge >= 0.3 is 0 Å². The summed E-state index contributed by atoms with van der Waals surface area (Å²) in [7, 11) is 0. The average Bonchev–Trinajstić information content (AvgIpc) is 2.91. The smallest absolute Gasteiger partial charge is 0.261 e. The van der Waals surface area contributed by atoms with E-state index in [1.807, 2.05) is 29.6 Å². The second kappa shape index (κ2) is 7.32. The van der Waals surface area contributed by atoms with Gasteiger partial charge in [-0.15, -0.1) is 11.8 Å². The van der Waals surface area contributed by atoms with Crippen LogP contribution in [0.5, 0.6) is 0 Å². The number of rotatable bonds is 2. The van der Waals surface area contributed by atoms with Gasteiger partial charge in [0.1, 0.15) is 5.65 Å². The lowest BCUT2D eigenvalue weighted by Crippen LogP contribution is -2.41. The molecule has 1 amide bonds. The highest BCUT2D eigenvalue weighted by Crippen LogP contribution is 2.33. The molecule has 7 heteroatoms. The first kappa shape index (κ1) is 17.4. The Labute approximate surface area is 157 Å². The van der Waals surface area contributed by atoms with Gasteiger partial charge in [-0.2, -0.15) is 0 Å². The number of aromatic nitrogens is 2. The topological polar surface area (TPSA) is 78.2 Å². The van der Waals surface area contributed by atoms with Crippen LogP contribution in [0.1, 0.15) is 24.8 Å². The van der Waals surface area contributed by atoms with Crippen LogP contribution in [0.25, 0.3) is 11.0 Å². The van der Waals surface area contributed by atoms with Gasteiger partial charge in [0.05, 0.1) is 10.6 Å². The molecule has 2 aliphatic rings. The second-order valence-corrected chi connectivity index (χ2v) is 8.20. The third-order valence-electron chi connectivity index (χ3n) is 5.13. The van der Waals surface area contributed by atoms with Gasteiger partial charge in [-0.25, -0.2) is 4.98 Å². The van der Waals surface area contributed by atoms with Crippen LogP contribution in [-0.4, -0.2) is 52.2 Å². The minimum absolute atomic E-state index is 0.0917. The summed E-state index contributed by atoms with van der Waals surface area (Å²) >= 11 is 1.65. The highest BCUT2D eigenvalue weighted by molar-refractivity contribution is 8.04. The van der Waals surface area contributed by atoms with Crippen LogP contribution in [0.2, 0.25) is 0 Å². The van der Waals surface area contributed by atoms with E-state index >= 15 is 0 Å². The van der Waals surface area contributed by atoms with Crippen molar-refractivity contribution in [3.05, 3.63) is 35.1 Å². The molecule has 2 aliphatic heterocycles. The van der Waals surface area contributed by atoms with Gasteiger partial charge in [-0.05, 0) is 31.4 Å². The maximum atomic E-state index is 13.0. The zero-order chi connectivity index (χ0) is 18.1. The summed E-state index contributed by atoms with van der Waals surface area (Å²) in [6, 6.07) is 2.12. The Morgan fingerprint density at radius 1 is 1.38 bits per heavy atom. The summed E-state index contributed by atoms with van der Waals surface area (Å²) in [5.41, 5.74) is 9.30. The molecule has 4 heterocycles. The van der Waals surface area contributed by atoms with Crippen molar-refractivity contribution in [1.29, 1.82) is 0 Å². The number of thioether (sulfide) groups is 1. The molecule has 0 spiro atoms. The number of nitrogens with zero attached hydrogens (tertiary/aromatic N) is 3. The van der Waals surface area contributed by atoms with Crippen molar-refractivity contribution in [2.75, 3.05) is 30.3 Å². The SMILES string of the molecule is Cc1c[nH]c2nccc(N3C=C(C(=O)N4CCCC[C@H](N)C4)SCC3)c12. The van der Waals surface area contributed by atoms with E-state index in [-0.39, 0.29) is 11.9 Å². The van der Waals surface area contributed by atoms with E-state index in [4.69, 9.17) is 5.73 Å². The van der Waals surface area contributed by atoms with E-state index < -0.39 is 0 Å². The van der Waals surface area contributed by atoms with Crippen molar-refractivity contribution in [2.45, 2.75) is 32.2 Å². The number of hydrogen-bond acceptors (Lipinski definition) is 5. The Morgan fingerprint density at radius 2 is 2.27 bits per heavy atom. The summed E-state index contributed by atoms with van der Waals surface area (Å²) in [4.78, 5) is 25.6. The Balaban J connectivity index is 1.63. The number of carbonyl (C=O) groups is 1. The number of amides is 1. The van der Waals surface area contributed by atoms with Crippen LogP contribution in [0.3, 0.4) is 0 Å². The first-order chi connectivity index (χ1) is 12.6. The van der Waals surface area contributed by atoms with Gasteiger partial charge in [0, 0.05) is 55.4 Å². The van der Waals surface area contributed by atoms with E-state index in [9.17, 15) is 4.79 Å². The maximum Gasteiger partial charge on any atom is 0.261 e. The van der Waals surface area contributed by atoms with Crippen molar-refractivity contribution in [3.63, 3.8) is 0 Å². The molecular formula is C19H25N5OS. The van der Waals surface area contributed by atoms with E-state index in [1.54, 1.807) is 11.8 Å². The highest BCUT2D eigenvalue weighted by Gasteiger charge is 2.26. The van der Waals surface area contributed by atoms with Crippen LogP contribution in [-0.2, 0) is 4.79 Å². The molecule has 0 aliphatic carbocycles. The number of aryl methyl sites for hydroxylation is 1. The zero-order valence-corrected chi connectivity index (χ0v) is 15.9. The molecule has 26 heavy (non-hydrogen) atoms. The summed E-state index contributed by atoms with van der Waals surface area (Å²) in [5, 5.41) is 1.12. The first-order valence-electron chi connectivity index (χ1n) is 9.22. The fourth-order valence-corrected chi connectivity index (χ4v) is 4.72. The lowest BCUT2D eigenvalue weighted by Gasteiger charge is -2.29. The molecule has 3 N–H and O–H groups in total. The molecular weight excluding hydrogens is 346 g/mol. The van der Waals surface area contributed by atoms with Crippen LogP contribution >= 0.6 is 11.8 Å². The predicted octanol–water partition coefficient (Wildman–Crippen LogP) is 2.61. The number of likely N-dealkylation sites (tertiary alicyclic amines) is 1. The molecule has 1 atom stereocenters. The molecule has 2 aromatic heterocycles. The zero-order valence-electron chi connectivity index (χ0n) is 15.1. The van der Waals surface area contributed by atoms with E-state index in [0.29, 0.717) is 6.54 Å². The molecule has 2 aromatic rings. The van der Waals surface area contributed by atoms with Gasteiger partial charge < -0.3 is 20.5 Å². The number of H-pyrrole nitrogens is 1. The number of anilines is 1. The molecule has 4 rings (SSSR count). The first-order valence-corrected chi connectivity index (χ1v) is 10.2. The minimum Gasteiger partial charge on any atom is -0.346 e. The van der Waals surface area contributed by atoms with Gasteiger partial charge in [-0.3, -0.25) is 4.79 Å². The number of nitrogens with one attached hydrogen (secondary N) is 1. The maximum absolute atomic E-state index is 13.0. The summed E-state index contributed by atoms with van der Waals surface area (Å²) in [6.45, 7) is 4.43. The van der Waals surface area contributed by atoms with Crippen molar-refractivity contribution in [3.8, 4) is 0 Å². The molecule has 138 valence electrons. The monoisotopic (exact) mass is 371 g/mol. The molecule has 0 bridgehead atoms. The van der Waals surface area contributed by atoms with Gasteiger partial charge in [-0.1, -0.05) is 6.42 Å². The molecule has 1 saturated heterocycles. The van der Waals surface area contributed by atoms with Crippen LogP contribution in [0.15, 0.2) is 29.6 Å². The standard InChI is InChI=1S/C19H25N5OS/c1-13-10-22-18-17(13)15(5-6-21-18)23-8-9-26-16(12-23)19(25)24-7-3-2-4-14(20)11-24/h5-6,10,12,14H,2-4,7-9,11,20H2,1H3,(H,21,22)/t14-/m0/s1. The quantitative estimate of drug-likeness (QED) is 0.848. The Kier molecular flexibility index (Phi) is 4.91. The lowest BCUT2D eigenvalue weighted by molar-refractivity contribution is -0.126. The Bertz CT molecular complexity index is 846. The van der Waals surface area contributed by atoms with Crippen molar-refractivity contribution in [1.82, 2.24) is 14.9 Å². The average molecular weight is 372 g/mol. The summed E-state index contributed by atoms with van der Waals surface area (Å²) in [5.74, 6) is 1.01. The lowest BCUT2D eigenvalue weighted by atomic mass is 10.2. The fourth-order valence-electron chi connectivity index (χ4n) is 3.76. The number of nitrogens with two attached hydrogens (primary N) is 1. The number of fused-ring (bicyclic) bond motifs is 1. The largest absolute Gasteiger partial charge is 0.346 e. The molecule has 6 nitrogen and oxygen atoms in total. The predicted molar refractivity (Wildman–Crippen MR) is 107 cm³/mol. The third kappa shape index (κ3) is 3.33. The summed E-state index contributed by atoms with van der Waals surface area (Å²) in [6.07, 6.45) is 8.95. The summed E-state index contributed by atoms with van der Waals surface area (Å²) < 4.78 is 0. The molecule has 0 aromatic carbocycles. The van der Waals surface area contributed by atoms with E-state index in [0.717, 1.165) is 59.7 Å². The third-order valence-corrected chi connectivity index (χ3v) is 6.10. The molecule has 0 radical (unpaired) electrons. The highest BCUT2D eigenvalue weighted by atomic mass is 32.2. The molecule has 0 saturated carbocycles. The molecule has 1 fully saturated rings. The molecule has 0 unspecified atom stereocenters. The van der Waals surface area contributed by atoms with Gasteiger partial charge in [0.25, 0.3) is 5.91 Å². The fraction of sp³-hybridized carbons (Fsp3) is 0.474. The van der Waals surface area contributed by atoms with Gasteiger partial charge in [0.15, 0.2) is 0 Å². The van der Waals surface area contributed by atoms with Crippen molar-refractivity contribution < 1.29 is 4.79 Å². The number of aromatic amines is 1. The van der Waals surface area contributed by atoms with Crippen LogP contribution < -0.4 is 10.6 Å². The minimum atomic E-state index is 0.0917. The number of carbonyl (C=O) groups excluding carboxylic acids is 1. The van der Waals surface area contributed by atoms with E-state index in [1.165, 1.54) is 5.56 Å². The van der Waals surface area contributed by atoms with Crippen LogP contribution in [0.4, 0.5) is 5.69 Å². The van der Waals surface area contributed by atoms with Crippen molar-refractivity contribution >= 4 is 34.4 Å². The van der Waals surface area contributed by atoms with Crippen LogP contribution in [0, 0.1) is 6.92 Å².